The Morgan fingerprint density at radius 3 is 1.09 bits per heavy atom. The number of ether oxygens (including phenoxy) is 4. The molecule has 0 unspecified atom stereocenters. The van der Waals surface area contributed by atoms with Gasteiger partial charge in [0, 0.05) is 63.9 Å². The van der Waals surface area contributed by atoms with Crippen molar-refractivity contribution in [1.29, 1.82) is 0 Å². The molecule has 0 aliphatic rings. The van der Waals surface area contributed by atoms with Crippen LogP contribution in [0.25, 0.3) is 11.9 Å². The molecule has 7 aromatic heterocycles. The van der Waals surface area contributed by atoms with Gasteiger partial charge in [0.1, 0.15) is 23.0 Å². The average molecular weight is 1550 g/mol. The molecule has 0 fully saturated rings. The van der Waals surface area contributed by atoms with Crippen molar-refractivity contribution in [2.24, 2.45) is 20.5 Å². The number of nitrogens with two attached hydrogens (primary N) is 2. The second-order valence-electron chi connectivity index (χ2n) is 23.1. The van der Waals surface area contributed by atoms with Gasteiger partial charge in [0.25, 0.3) is 48.0 Å². The van der Waals surface area contributed by atoms with Crippen LogP contribution in [0.4, 0.5) is 79.8 Å². The van der Waals surface area contributed by atoms with Crippen LogP contribution in [0.15, 0.2) is 112 Å². The van der Waals surface area contributed by atoms with Crippen molar-refractivity contribution >= 4 is 187 Å². The molecule has 4 aromatic carbocycles. The minimum Gasteiger partial charge on any atom is -0.478 e. The second kappa shape index (κ2) is 31.4. The van der Waals surface area contributed by atoms with E-state index in [1.165, 1.54) is 42.5 Å². The molecular formula is C59H46ClN27O16S4. The third-order valence-electron chi connectivity index (χ3n) is 13.4. The van der Waals surface area contributed by atoms with Crippen molar-refractivity contribution in [3.05, 3.63) is 112 Å². The van der Waals surface area contributed by atoms with Crippen molar-refractivity contribution in [3.63, 3.8) is 0 Å². The molecule has 12 N–H and O–H groups in total. The van der Waals surface area contributed by atoms with E-state index in [-0.39, 0.29) is 182 Å². The Labute approximate surface area is 617 Å². The first-order chi connectivity index (χ1) is 51.0. The lowest BCUT2D eigenvalue weighted by molar-refractivity contribution is -0.121. The van der Waals surface area contributed by atoms with E-state index in [2.05, 4.69) is 107 Å². The fourth-order valence-electron chi connectivity index (χ4n) is 9.01. The van der Waals surface area contributed by atoms with E-state index in [9.17, 15) is 58.8 Å². The number of azo groups is 2. The highest BCUT2D eigenvalue weighted by Crippen LogP contribution is 2.42. The smallest absolute Gasteiger partial charge is 0.335 e. The molecule has 0 atom stereocenters. The number of anilines is 10. The highest BCUT2D eigenvalue weighted by Gasteiger charge is 2.31. The van der Waals surface area contributed by atoms with Crippen LogP contribution in [0.1, 0.15) is 94.4 Å². The molecule has 544 valence electrons. The summed E-state index contributed by atoms with van der Waals surface area (Å²) >= 11 is 10.3. The molecular weight excluding hydrogens is 1510 g/mol. The molecule has 0 saturated heterocycles. The second-order valence-corrected chi connectivity index (χ2v) is 27.8. The number of carbonyl (C=O) groups excluding carboxylic acids is 4. The van der Waals surface area contributed by atoms with Gasteiger partial charge in [-0.1, -0.05) is 64.2 Å². The minimum atomic E-state index is -1.44. The van der Waals surface area contributed by atoms with Crippen LogP contribution >= 0.6 is 57.8 Å². The lowest BCUT2D eigenvalue weighted by Crippen LogP contribution is -2.15. The van der Waals surface area contributed by atoms with Gasteiger partial charge in [-0.15, -0.1) is 40.9 Å². The molecule has 11 aromatic rings. The lowest BCUT2D eigenvalue weighted by Gasteiger charge is -2.15. The third kappa shape index (κ3) is 18.3. The van der Waals surface area contributed by atoms with Crippen LogP contribution in [0.2, 0.25) is 5.28 Å². The van der Waals surface area contributed by atoms with Crippen LogP contribution in [-0.2, 0) is 30.0 Å². The molecule has 0 amide bonds. The number of carboxylic acid groups (broad SMARTS) is 4. The van der Waals surface area contributed by atoms with Gasteiger partial charge >= 0.3 is 23.9 Å². The van der Waals surface area contributed by atoms with Gasteiger partial charge in [-0.25, -0.2) is 19.2 Å². The average Bonchev–Trinajstić information content (AvgIpc) is 1.64. The Morgan fingerprint density at radius 2 is 0.766 bits per heavy atom. The number of nitrogens with one attached hydrogen (secondary N) is 4. The number of aromatic nitrogens is 17. The molecule has 0 aliphatic carbocycles. The molecule has 0 saturated carbocycles. The number of hydrogen-bond donors (Lipinski definition) is 10. The summed E-state index contributed by atoms with van der Waals surface area (Å²) in [6.07, 6.45) is 0. The van der Waals surface area contributed by atoms with E-state index in [0.29, 0.717) is 5.69 Å². The van der Waals surface area contributed by atoms with Crippen LogP contribution in [0.5, 0.6) is 23.0 Å². The van der Waals surface area contributed by atoms with Gasteiger partial charge in [0.2, 0.25) is 29.1 Å². The van der Waals surface area contributed by atoms with E-state index in [1.54, 1.807) is 20.8 Å². The Bertz CT molecular complexity index is 5390. The van der Waals surface area contributed by atoms with Gasteiger partial charge in [-0.05, 0) is 77.6 Å². The number of halogens is 1. The number of hydrogen-bond acceptors (Lipinski definition) is 41. The molecule has 0 aliphatic heterocycles. The molecule has 107 heavy (non-hydrogen) atoms. The van der Waals surface area contributed by atoms with E-state index < -0.39 is 45.8 Å². The minimum absolute atomic E-state index is 0.00525. The summed E-state index contributed by atoms with van der Waals surface area (Å²) in [6.45, 7) is 11.4. The summed E-state index contributed by atoms with van der Waals surface area (Å²) in [4.78, 5) is 133. The maximum atomic E-state index is 12.1. The topological polar surface area (TPSA) is 607 Å². The third-order valence-corrected chi connectivity index (χ3v) is 17.0. The van der Waals surface area contributed by atoms with Crippen molar-refractivity contribution < 1.29 is 77.7 Å². The molecule has 7 heterocycles. The summed E-state index contributed by atoms with van der Waals surface area (Å²) < 4.78 is 22.6. The molecule has 48 heteroatoms. The van der Waals surface area contributed by atoms with Crippen molar-refractivity contribution in [2.45, 2.75) is 71.4 Å². The quantitative estimate of drug-likeness (QED) is 0.0148. The number of aromatic carboxylic acids is 4. The zero-order valence-electron chi connectivity index (χ0n) is 55.0. The first-order valence-electron chi connectivity index (χ1n) is 29.6. The van der Waals surface area contributed by atoms with Gasteiger partial charge in [-0.2, -0.15) is 64.4 Å². The molecule has 0 radical (unpaired) electrons. The summed E-state index contributed by atoms with van der Waals surface area (Å²) in [6, 6.07) is 14.3. The zero-order valence-corrected chi connectivity index (χ0v) is 59.0. The largest absolute Gasteiger partial charge is 0.478 e. The fourth-order valence-corrected chi connectivity index (χ4v) is 12.4. The normalized spacial score (nSPS) is 11.5. The van der Waals surface area contributed by atoms with Gasteiger partial charge in [0.15, 0.2) is 42.0 Å². The maximum Gasteiger partial charge on any atom is 0.335 e. The number of carboxylic acids is 4. The molecule has 0 bridgehead atoms. The van der Waals surface area contributed by atoms with E-state index in [4.69, 9.17) is 52.2 Å². The Kier molecular flexibility index (Phi) is 21.9. The monoisotopic (exact) mass is 1550 g/mol. The van der Waals surface area contributed by atoms with Gasteiger partial charge in [0.05, 0.1) is 33.6 Å². The highest BCUT2D eigenvalue weighted by atomic mass is 35.5. The predicted molar refractivity (Wildman–Crippen MR) is 375 cm³/mol. The van der Waals surface area contributed by atoms with Crippen molar-refractivity contribution in [1.82, 2.24) is 84.8 Å². The highest BCUT2D eigenvalue weighted by molar-refractivity contribution is 8.01. The number of nitrogen functional groups attached to an aromatic ring is 2. The molecule has 11 rings (SSSR count). The van der Waals surface area contributed by atoms with Crippen molar-refractivity contribution in [2.75, 3.05) is 32.7 Å². The summed E-state index contributed by atoms with van der Waals surface area (Å²) in [7, 11) is 0. The van der Waals surface area contributed by atoms with Crippen LogP contribution < -0.4 is 51.7 Å². The Morgan fingerprint density at radius 1 is 0.449 bits per heavy atom. The standard InChI is InChI=1S/C59H46ClN27O16S4/c1-58(2,3)37-35(39(61)86(84-37)50-71-46(63-27-8-23(41(92)93)7-24(9-27)42(94)95)69-47(72-50)64-28-10-25(43(96)97)12-31(14-28)100-19-88)76-78-54-80-82-56(106-54)104-52-67-45(60)68-53(75-52)105-57-83-81-55(107-57)79-77-36-38(59(4,5)6)85-87(40(36)62)51-73-48(65-29-11-26(44(98)99)13-32(15-29)101-20-89)70-49(74-51)66-30-16-33(102-21-90)18-34(17-30)103-22-91/h7-22H,61-62H2,1-6H3,(H,92,93)(H,94,95)(H,96,97)(H,98,99)(H2,63,64,69,71,72)(H2,65,66,70,73,74). The molecule has 43 nitrogen and oxygen atoms in total. The van der Waals surface area contributed by atoms with E-state index in [0.717, 1.165) is 85.9 Å². The lowest BCUT2D eigenvalue weighted by atomic mass is 9.91. The predicted octanol–water partition coefficient (Wildman–Crippen LogP) is 9.77. The zero-order chi connectivity index (χ0) is 76.6. The fraction of sp³-hybridized carbons (Fsp3) is 0.136. The van der Waals surface area contributed by atoms with Crippen LogP contribution in [-0.4, -0.2) is 155 Å². The number of rotatable bonds is 30. The first kappa shape index (κ1) is 74.4. The number of nitrogens with zero attached hydrogens (tertiary/aromatic N) is 21. The Hall–Kier alpha value is -13.8. The number of carbonyl (C=O) groups is 8. The maximum absolute atomic E-state index is 12.1. The summed E-state index contributed by atoms with van der Waals surface area (Å²) in [5.74, 6) is -8.00. The summed E-state index contributed by atoms with van der Waals surface area (Å²) in [5, 5.41) is 94.3. The van der Waals surface area contributed by atoms with Gasteiger partial charge < -0.3 is 72.1 Å². The SMILES string of the molecule is CC(C)(C)c1nn(-c2nc(Nc3cc(OC=O)cc(OC=O)c3)nc(Nc3cc(OC=O)cc(C(=O)O)c3)n2)c(N)c1N=Nc1nnc(Sc2nc(Cl)nc(Sc3nnc(N=Nc4c(C(C)(C)C)nn(-c5nc(Nc6cc(OC=O)cc(C(=O)O)c6)nc(Nc6cc(C(=O)O)cc(C(=O)O)c6)n5)c4N)s3)n2)s1. The summed E-state index contributed by atoms with van der Waals surface area (Å²) in [5.41, 5.74) is 11.4. The van der Waals surface area contributed by atoms with E-state index in [1.807, 2.05) is 20.8 Å². The van der Waals surface area contributed by atoms with Crippen molar-refractivity contribution in [3.8, 4) is 34.9 Å². The Balaban J connectivity index is 0.836. The van der Waals surface area contributed by atoms with Crippen LogP contribution in [0, 0.1) is 0 Å². The molecule has 0 spiro atoms. The van der Waals surface area contributed by atoms with E-state index >= 15 is 0 Å². The van der Waals surface area contributed by atoms with Gasteiger partial charge in [-0.3, -0.25) is 19.2 Å². The van der Waals surface area contributed by atoms with Crippen LogP contribution in [0.3, 0.4) is 0 Å². The number of benzene rings is 4. The first-order valence-corrected chi connectivity index (χ1v) is 33.2.